The molecule has 0 unspecified atom stereocenters. The highest BCUT2D eigenvalue weighted by atomic mass is 32.1. The van der Waals surface area contributed by atoms with Crippen LogP contribution in [0.15, 0.2) is 82.2 Å². The number of methoxy groups -OCH3 is 2. The fraction of sp³-hybridized carbons (Fsp3) is 0.185. The molecule has 0 bridgehead atoms. The van der Waals surface area contributed by atoms with Crippen LogP contribution in [0.2, 0.25) is 0 Å². The van der Waals surface area contributed by atoms with Crippen LogP contribution in [0.3, 0.4) is 0 Å². The van der Waals surface area contributed by atoms with Crippen molar-refractivity contribution in [3.63, 3.8) is 0 Å². The molecule has 0 fully saturated rings. The number of fused-ring (bicyclic) bond motifs is 1. The normalized spacial score (nSPS) is 12.2. The van der Waals surface area contributed by atoms with Crippen molar-refractivity contribution in [3.05, 3.63) is 82.5 Å². The van der Waals surface area contributed by atoms with Crippen molar-refractivity contribution in [2.75, 3.05) is 20.8 Å². The molecular formula is C27H27N3O3S. The number of phenols is 1. The molecule has 0 aliphatic carbocycles. The monoisotopic (exact) mass is 473 g/mol. The van der Waals surface area contributed by atoms with Gasteiger partial charge in [-0.1, -0.05) is 42.5 Å². The van der Waals surface area contributed by atoms with Crippen LogP contribution >= 0.6 is 11.3 Å². The summed E-state index contributed by atoms with van der Waals surface area (Å²) in [6.45, 7) is 8.27. The Bertz CT molecular complexity index is 1460. The number of nitrogens with zero attached hydrogens (tertiary/aromatic N) is 3. The molecule has 174 valence electrons. The zero-order chi connectivity index (χ0) is 24.2. The molecule has 1 N–H and O–H groups in total. The summed E-state index contributed by atoms with van der Waals surface area (Å²) in [5.74, 6) is 1.61. The maximum absolute atomic E-state index is 11.0. The first-order chi connectivity index (χ1) is 16.4. The van der Waals surface area contributed by atoms with Gasteiger partial charge in [-0.25, -0.2) is 4.68 Å². The van der Waals surface area contributed by atoms with Crippen LogP contribution < -0.4 is 14.3 Å². The molecule has 1 aromatic heterocycles. The number of benzene rings is 3. The molecule has 0 aliphatic rings. The fourth-order valence-electron chi connectivity index (χ4n) is 3.66. The first kappa shape index (κ1) is 23.3. The van der Waals surface area contributed by atoms with E-state index in [0.29, 0.717) is 34.1 Å². The number of aromatic hydroxyl groups is 1. The van der Waals surface area contributed by atoms with Crippen LogP contribution in [0.5, 0.6) is 17.2 Å². The van der Waals surface area contributed by atoms with Gasteiger partial charge in [0.1, 0.15) is 17.2 Å². The molecule has 0 saturated heterocycles. The van der Waals surface area contributed by atoms with Gasteiger partial charge in [0, 0.05) is 21.9 Å². The summed E-state index contributed by atoms with van der Waals surface area (Å²) in [6.07, 6.45) is 0. The molecule has 0 saturated carbocycles. The van der Waals surface area contributed by atoms with Crippen molar-refractivity contribution in [3.8, 4) is 28.5 Å². The van der Waals surface area contributed by atoms with Crippen LogP contribution in [0.1, 0.15) is 19.4 Å². The average molecular weight is 474 g/mol. The second kappa shape index (κ2) is 9.97. The van der Waals surface area contributed by atoms with Crippen molar-refractivity contribution in [1.29, 1.82) is 0 Å². The third-order valence-corrected chi connectivity index (χ3v) is 6.25. The lowest BCUT2D eigenvalue weighted by Crippen LogP contribution is -2.15. The van der Waals surface area contributed by atoms with E-state index in [0.717, 1.165) is 27.6 Å². The molecule has 6 nitrogen and oxygen atoms in total. The molecule has 4 rings (SSSR count). The summed E-state index contributed by atoms with van der Waals surface area (Å²) in [5, 5.41) is 19.6. The van der Waals surface area contributed by atoms with Crippen molar-refractivity contribution in [2.24, 2.45) is 10.1 Å². The van der Waals surface area contributed by atoms with Crippen molar-refractivity contribution in [2.45, 2.75) is 13.8 Å². The lowest BCUT2D eigenvalue weighted by Gasteiger charge is -2.12. The Hall–Kier alpha value is -3.84. The minimum Gasteiger partial charge on any atom is -0.507 e. The van der Waals surface area contributed by atoms with Gasteiger partial charge < -0.3 is 14.6 Å². The van der Waals surface area contributed by atoms with Gasteiger partial charge in [0.25, 0.3) is 0 Å². The van der Waals surface area contributed by atoms with Crippen LogP contribution in [0.25, 0.3) is 22.0 Å². The van der Waals surface area contributed by atoms with E-state index in [1.165, 1.54) is 11.3 Å². The summed E-state index contributed by atoms with van der Waals surface area (Å²) in [6, 6.07) is 17.2. The summed E-state index contributed by atoms with van der Waals surface area (Å²) in [4.78, 5) is 5.42. The van der Waals surface area contributed by atoms with Gasteiger partial charge in [0.05, 0.1) is 32.2 Å². The molecular weight excluding hydrogens is 446 g/mol. The second-order valence-electron chi connectivity index (χ2n) is 7.92. The number of phenolic OH excluding ortho intramolecular Hbond substituents is 1. The van der Waals surface area contributed by atoms with Gasteiger partial charge in [0.15, 0.2) is 0 Å². The zero-order valence-corrected chi connectivity index (χ0v) is 20.5. The van der Waals surface area contributed by atoms with Crippen molar-refractivity contribution < 1.29 is 14.6 Å². The molecule has 0 atom stereocenters. The van der Waals surface area contributed by atoms with E-state index in [4.69, 9.17) is 19.6 Å². The molecule has 1 heterocycles. The number of thiazole rings is 1. The van der Waals surface area contributed by atoms with E-state index >= 15 is 0 Å². The summed E-state index contributed by atoms with van der Waals surface area (Å²) in [5.41, 5.74) is 3.90. The highest BCUT2D eigenvalue weighted by Gasteiger charge is 2.16. The van der Waals surface area contributed by atoms with Gasteiger partial charge in [-0.15, -0.1) is 11.3 Å². The van der Waals surface area contributed by atoms with E-state index in [1.807, 2.05) is 73.8 Å². The summed E-state index contributed by atoms with van der Waals surface area (Å²) in [7, 11) is 3.27. The maximum Gasteiger partial charge on any atom is 0.206 e. The van der Waals surface area contributed by atoms with E-state index < -0.39 is 0 Å². The molecule has 0 amide bonds. The minimum absolute atomic E-state index is 0.205. The van der Waals surface area contributed by atoms with Gasteiger partial charge in [-0.2, -0.15) is 5.10 Å². The highest BCUT2D eigenvalue weighted by Crippen LogP contribution is 2.34. The molecule has 4 aromatic rings. The quantitative estimate of drug-likeness (QED) is 0.271. The summed E-state index contributed by atoms with van der Waals surface area (Å²) >= 11 is 1.48. The van der Waals surface area contributed by atoms with Crippen molar-refractivity contribution in [1.82, 2.24) is 4.68 Å². The molecule has 0 spiro atoms. The van der Waals surface area contributed by atoms with Crippen LogP contribution in [-0.4, -0.2) is 36.3 Å². The first-order valence-corrected chi connectivity index (χ1v) is 11.7. The first-order valence-electron chi connectivity index (χ1n) is 10.8. The van der Waals surface area contributed by atoms with Crippen LogP contribution in [-0.2, 0) is 0 Å². The fourth-order valence-corrected chi connectivity index (χ4v) is 4.48. The van der Waals surface area contributed by atoms with Crippen LogP contribution in [0.4, 0.5) is 0 Å². The lowest BCUT2D eigenvalue weighted by atomic mass is 10.0. The predicted octanol–water partition coefficient (Wildman–Crippen LogP) is 5.84. The highest BCUT2D eigenvalue weighted by molar-refractivity contribution is 7.07. The Balaban J connectivity index is 1.93. The summed E-state index contributed by atoms with van der Waals surface area (Å²) < 4.78 is 12.9. The third-order valence-electron chi connectivity index (χ3n) is 5.39. The van der Waals surface area contributed by atoms with Gasteiger partial charge in [0.2, 0.25) is 4.80 Å². The molecule has 7 heteroatoms. The topological polar surface area (TPSA) is 68.3 Å². The van der Waals surface area contributed by atoms with E-state index in [1.54, 1.807) is 18.9 Å². The number of aromatic nitrogens is 1. The molecule has 0 aliphatic heterocycles. The van der Waals surface area contributed by atoms with E-state index in [9.17, 15) is 5.11 Å². The lowest BCUT2D eigenvalue weighted by molar-refractivity contribution is 0.404. The van der Waals surface area contributed by atoms with Crippen LogP contribution in [0, 0.1) is 0 Å². The Morgan fingerprint density at radius 2 is 1.85 bits per heavy atom. The largest absolute Gasteiger partial charge is 0.507 e. The minimum atomic E-state index is 0.205. The molecule has 3 aromatic carbocycles. The Labute approximate surface area is 202 Å². The maximum atomic E-state index is 11.0. The van der Waals surface area contributed by atoms with Gasteiger partial charge in [-0.3, -0.25) is 4.99 Å². The molecule has 0 radical (unpaired) electrons. The molecule has 34 heavy (non-hydrogen) atoms. The number of ether oxygens (including phenoxy) is 2. The third kappa shape index (κ3) is 4.61. The average Bonchev–Trinajstić information content (AvgIpc) is 3.24. The smallest absolute Gasteiger partial charge is 0.206 e. The van der Waals surface area contributed by atoms with E-state index in [-0.39, 0.29) is 5.75 Å². The Morgan fingerprint density at radius 1 is 1.06 bits per heavy atom. The van der Waals surface area contributed by atoms with Crippen molar-refractivity contribution >= 4 is 27.8 Å². The second-order valence-corrected chi connectivity index (χ2v) is 8.76. The predicted molar refractivity (Wildman–Crippen MR) is 139 cm³/mol. The van der Waals surface area contributed by atoms with Gasteiger partial charge >= 0.3 is 0 Å². The van der Waals surface area contributed by atoms with E-state index in [2.05, 4.69) is 6.58 Å². The Kier molecular flexibility index (Phi) is 6.84. The number of hydrogen-bond acceptors (Lipinski definition) is 6. The number of hydrogen-bond donors (Lipinski definition) is 1. The number of rotatable bonds is 7. The zero-order valence-electron chi connectivity index (χ0n) is 19.7. The standard InChI is InChI=1S/C27H27N3O3S/c1-17(2)15-28-27-30(24(16-34-27)23-14-20(32-4)11-13-25(23)33-5)29-18(3)21-12-10-19-8-6-7-9-22(19)26(21)31/h6-14,16,31H,1,15H2,2-5H3. The van der Waals surface area contributed by atoms with Gasteiger partial charge in [-0.05, 0) is 43.5 Å². The Morgan fingerprint density at radius 3 is 2.59 bits per heavy atom. The SMILES string of the molecule is C=C(C)CN=c1scc(-c2cc(OC)ccc2OC)n1N=C(C)c1ccc2ccccc2c1O.